The van der Waals surface area contributed by atoms with Crippen molar-refractivity contribution in [3.8, 4) is 5.19 Å². The summed E-state index contributed by atoms with van der Waals surface area (Å²) in [4.78, 5) is 13.6. The first-order valence-corrected chi connectivity index (χ1v) is 6.86. The highest BCUT2D eigenvalue weighted by Crippen LogP contribution is 2.25. The lowest BCUT2D eigenvalue weighted by atomic mass is 10.5. The van der Waals surface area contributed by atoms with E-state index in [0.29, 0.717) is 18.4 Å². The monoisotopic (exact) mass is 271 g/mol. The zero-order valence-corrected chi connectivity index (χ0v) is 11.4. The zero-order valence-electron chi connectivity index (χ0n) is 10.6. The van der Waals surface area contributed by atoms with E-state index < -0.39 is 5.97 Å². The van der Waals surface area contributed by atoms with E-state index in [1.165, 1.54) is 12.8 Å². The van der Waals surface area contributed by atoms with Gasteiger partial charge in [0, 0.05) is 12.6 Å². The molecule has 7 heteroatoms. The molecule has 1 heterocycles. The Bertz CT molecular complexity index is 406. The molecule has 0 amide bonds. The minimum absolute atomic E-state index is 0.238. The number of rotatable bonds is 7. The maximum atomic E-state index is 11.4. The molecule has 0 bridgehead atoms. The summed E-state index contributed by atoms with van der Waals surface area (Å²) in [7, 11) is 2.09. The second-order valence-electron chi connectivity index (χ2n) is 4.15. The van der Waals surface area contributed by atoms with Crippen LogP contribution in [0.15, 0.2) is 0 Å². The van der Waals surface area contributed by atoms with Crippen LogP contribution in [0.25, 0.3) is 0 Å². The van der Waals surface area contributed by atoms with E-state index in [9.17, 15) is 4.79 Å². The van der Waals surface area contributed by atoms with Crippen molar-refractivity contribution >= 4 is 17.3 Å². The van der Waals surface area contributed by atoms with Crippen LogP contribution in [0.2, 0.25) is 0 Å². The number of carbonyl (C=O) groups excluding carboxylic acids is 1. The van der Waals surface area contributed by atoms with E-state index in [2.05, 4.69) is 22.1 Å². The molecule has 0 aromatic carbocycles. The fraction of sp³-hybridized carbons (Fsp3) is 0.727. The van der Waals surface area contributed by atoms with Gasteiger partial charge in [-0.05, 0) is 38.1 Å². The molecule has 0 radical (unpaired) electrons. The van der Waals surface area contributed by atoms with Crippen LogP contribution in [-0.2, 0) is 4.74 Å². The first kappa shape index (κ1) is 13.2. The van der Waals surface area contributed by atoms with Gasteiger partial charge in [0.05, 0.1) is 6.61 Å². The van der Waals surface area contributed by atoms with Crippen molar-refractivity contribution in [3.63, 3.8) is 0 Å². The Balaban J connectivity index is 1.74. The van der Waals surface area contributed by atoms with Gasteiger partial charge in [-0.1, -0.05) is 5.10 Å². The molecule has 1 aliphatic rings. The number of esters is 1. The summed E-state index contributed by atoms with van der Waals surface area (Å²) < 4.78 is 10.3. The molecule has 1 aromatic rings. The predicted octanol–water partition coefficient (Wildman–Crippen LogP) is 1.19. The van der Waals surface area contributed by atoms with E-state index in [4.69, 9.17) is 9.47 Å². The van der Waals surface area contributed by atoms with Gasteiger partial charge < -0.3 is 14.4 Å². The molecule has 1 aliphatic carbocycles. The number of ether oxygens (including phenoxy) is 2. The summed E-state index contributed by atoms with van der Waals surface area (Å²) in [5, 5.41) is 8.20. The third-order valence-electron chi connectivity index (χ3n) is 2.70. The fourth-order valence-corrected chi connectivity index (χ4v) is 2.13. The number of hydrogen-bond acceptors (Lipinski definition) is 7. The summed E-state index contributed by atoms with van der Waals surface area (Å²) in [5.41, 5.74) is 0. The van der Waals surface area contributed by atoms with E-state index >= 15 is 0 Å². The van der Waals surface area contributed by atoms with Crippen LogP contribution in [0, 0.1) is 0 Å². The molecule has 0 unspecified atom stereocenters. The Kier molecular flexibility index (Phi) is 4.48. The standard InChI is InChI=1S/C11H17N3O3S/c1-3-16-10(15)9-12-13-11(18-9)17-7-6-14(2)8-4-5-8/h8H,3-7H2,1-2H3. The number of aromatic nitrogens is 2. The van der Waals surface area contributed by atoms with Gasteiger partial charge in [0.15, 0.2) is 0 Å². The molecule has 0 spiro atoms. The summed E-state index contributed by atoms with van der Waals surface area (Å²) in [6, 6.07) is 0.720. The SMILES string of the molecule is CCOC(=O)c1nnc(OCCN(C)C2CC2)s1. The van der Waals surface area contributed by atoms with Crippen LogP contribution in [0.1, 0.15) is 29.6 Å². The Hall–Kier alpha value is -1.21. The summed E-state index contributed by atoms with van der Waals surface area (Å²) >= 11 is 1.12. The van der Waals surface area contributed by atoms with E-state index in [1.54, 1.807) is 6.92 Å². The number of nitrogens with zero attached hydrogens (tertiary/aromatic N) is 3. The molecule has 1 aromatic heterocycles. The number of likely N-dealkylation sites (N-methyl/N-ethyl adjacent to an activating group) is 1. The van der Waals surface area contributed by atoms with Crippen LogP contribution < -0.4 is 4.74 Å². The summed E-state index contributed by atoms with van der Waals surface area (Å²) in [6.07, 6.45) is 2.56. The van der Waals surface area contributed by atoms with Gasteiger partial charge >= 0.3 is 5.97 Å². The topological polar surface area (TPSA) is 64.5 Å². The van der Waals surface area contributed by atoms with E-state index in [0.717, 1.165) is 23.9 Å². The van der Waals surface area contributed by atoms with E-state index in [1.807, 2.05) is 0 Å². The van der Waals surface area contributed by atoms with Gasteiger partial charge in [-0.3, -0.25) is 0 Å². The Morgan fingerprint density at radius 3 is 2.94 bits per heavy atom. The van der Waals surface area contributed by atoms with Crippen LogP contribution in [0.3, 0.4) is 0 Å². The molecule has 1 saturated carbocycles. The van der Waals surface area contributed by atoms with Gasteiger partial charge in [-0.2, -0.15) is 0 Å². The largest absolute Gasteiger partial charge is 0.468 e. The minimum Gasteiger partial charge on any atom is -0.468 e. The van der Waals surface area contributed by atoms with Crippen molar-refractivity contribution in [2.24, 2.45) is 0 Å². The molecular weight excluding hydrogens is 254 g/mol. The molecular formula is C11H17N3O3S. The van der Waals surface area contributed by atoms with Crippen molar-refractivity contribution in [3.05, 3.63) is 5.01 Å². The average Bonchev–Trinajstić information content (AvgIpc) is 3.10. The van der Waals surface area contributed by atoms with Crippen LogP contribution >= 0.6 is 11.3 Å². The van der Waals surface area contributed by atoms with Crippen LogP contribution in [-0.4, -0.2) is 53.9 Å². The van der Waals surface area contributed by atoms with Crippen LogP contribution in [0.5, 0.6) is 5.19 Å². The molecule has 1 fully saturated rings. The zero-order chi connectivity index (χ0) is 13.0. The van der Waals surface area contributed by atoms with Crippen molar-refractivity contribution in [2.75, 3.05) is 26.8 Å². The van der Waals surface area contributed by atoms with Crippen molar-refractivity contribution < 1.29 is 14.3 Å². The third kappa shape index (κ3) is 3.64. The average molecular weight is 271 g/mol. The molecule has 0 aliphatic heterocycles. The molecule has 2 rings (SSSR count). The smallest absolute Gasteiger partial charge is 0.369 e. The highest BCUT2D eigenvalue weighted by molar-refractivity contribution is 7.14. The Morgan fingerprint density at radius 2 is 2.28 bits per heavy atom. The van der Waals surface area contributed by atoms with Gasteiger partial charge in [0.2, 0.25) is 5.01 Å². The lowest BCUT2D eigenvalue weighted by Gasteiger charge is -2.14. The molecule has 18 heavy (non-hydrogen) atoms. The lowest BCUT2D eigenvalue weighted by Crippen LogP contribution is -2.26. The summed E-state index contributed by atoms with van der Waals surface area (Å²) in [6.45, 7) is 3.51. The highest BCUT2D eigenvalue weighted by atomic mass is 32.1. The third-order valence-corrected chi connectivity index (χ3v) is 3.51. The molecule has 0 N–H and O–H groups in total. The first-order valence-electron chi connectivity index (χ1n) is 6.04. The van der Waals surface area contributed by atoms with Gasteiger partial charge in [-0.25, -0.2) is 4.79 Å². The highest BCUT2D eigenvalue weighted by Gasteiger charge is 2.25. The van der Waals surface area contributed by atoms with Gasteiger partial charge in [0.1, 0.15) is 6.61 Å². The normalized spacial score (nSPS) is 14.8. The molecule has 0 saturated heterocycles. The molecule has 0 atom stereocenters. The first-order chi connectivity index (χ1) is 8.70. The van der Waals surface area contributed by atoms with E-state index in [-0.39, 0.29) is 5.01 Å². The molecule has 6 nitrogen and oxygen atoms in total. The second-order valence-corrected chi connectivity index (χ2v) is 5.09. The number of carbonyl (C=O) groups is 1. The van der Waals surface area contributed by atoms with Crippen molar-refractivity contribution in [1.29, 1.82) is 0 Å². The lowest BCUT2D eigenvalue weighted by molar-refractivity contribution is 0.0525. The quantitative estimate of drug-likeness (QED) is 0.694. The molecule has 100 valence electrons. The van der Waals surface area contributed by atoms with Crippen molar-refractivity contribution in [2.45, 2.75) is 25.8 Å². The Morgan fingerprint density at radius 1 is 1.50 bits per heavy atom. The summed E-state index contributed by atoms with van der Waals surface area (Å²) in [5.74, 6) is -0.444. The predicted molar refractivity (Wildman–Crippen MR) is 67.0 cm³/mol. The number of hydrogen-bond donors (Lipinski definition) is 0. The van der Waals surface area contributed by atoms with Gasteiger partial charge in [0.25, 0.3) is 5.19 Å². The second kappa shape index (κ2) is 6.10. The van der Waals surface area contributed by atoms with Gasteiger partial charge in [-0.15, -0.1) is 5.10 Å². The maximum Gasteiger partial charge on any atom is 0.369 e. The fourth-order valence-electron chi connectivity index (χ4n) is 1.52. The minimum atomic E-state index is -0.444. The van der Waals surface area contributed by atoms with Crippen LogP contribution in [0.4, 0.5) is 0 Å². The van der Waals surface area contributed by atoms with Crippen molar-refractivity contribution in [1.82, 2.24) is 15.1 Å². The maximum absolute atomic E-state index is 11.4. The Labute approximate surface area is 110 Å².